The largest absolute Gasteiger partial charge is 0.368 e. The van der Waals surface area contributed by atoms with Crippen LogP contribution in [-0.4, -0.2) is 42.9 Å². The van der Waals surface area contributed by atoms with Crippen molar-refractivity contribution in [3.63, 3.8) is 0 Å². The first kappa shape index (κ1) is 20.4. The standard InChI is InChI=1S/C26H25N3O2/c30-25(16-15-21-9-3-1-4-10-21)27-24-14-8-7-13-23(24)26(31)29-19-17-28(18-20-29)22-11-5-2-6-12-22/h1-16H,17-20H2,(H,27,30)/b16-15+. The SMILES string of the molecule is O=C(/C=C/c1ccccc1)Nc1ccccc1C(=O)N1CCN(c2ccccc2)CC1. The van der Waals surface area contributed by atoms with Gasteiger partial charge in [-0.3, -0.25) is 9.59 Å². The van der Waals surface area contributed by atoms with Crippen molar-refractivity contribution < 1.29 is 9.59 Å². The maximum absolute atomic E-state index is 13.2. The van der Waals surface area contributed by atoms with E-state index in [0.717, 1.165) is 18.7 Å². The van der Waals surface area contributed by atoms with Crippen molar-refractivity contribution in [3.8, 4) is 0 Å². The van der Waals surface area contributed by atoms with Gasteiger partial charge < -0.3 is 15.1 Å². The van der Waals surface area contributed by atoms with Gasteiger partial charge in [0.25, 0.3) is 5.91 Å². The molecule has 5 nitrogen and oxygen atoms in total. The van der Waals surface area contributed by atoms with Gasteiger partial charge in [-0.05, 0) is 35.9 Å². The summed E-state index contributed by atoms with van der Waals surface area (Å²) in [6.45, 7) is 2.85. The lowest BCUT2D eigenvalue weighted by Crippen LogP contribution is -2.48. The second kappa shape index (κ2) is 9.76. The summed E-state index contributed by atoms with van der Waals surface area (Å²) in [5, 5.41) is 2.85. The summed E-state index contributed by atoms with van der Waals surface area (Å²) in [7, 11) is 0. The molecule has 1 N–H and O–H groups in total. The highest BCUT2D eigenvalue weighted by molar-refractivity contribution is 6.07. The van der Waals surface area contributed by atoms with Crippen LogP contribution in [0, 0.1) is 0 Å². The van der Waals surface area contributed by atoms with E-state index in [4.69, 9.17) is 0 Å². The number of amides is 2. The Morgan fingerprint density at radius 2 is 1.35 bits per heavy atom. The Morgan fingerprint density at radius 3 is 2.06 bits per heavy atom. The van der Waals surface area contributed by atoms with E-state index in [1.54, 1.807) is 18.2 Å². The Hall–Kier alpha value is -3.86. The normalized spacial score (nSPS) is 13.9. The first-order valence-electron chi connectivity index (χ1n) is 10.4. The molecule has 1 heterocycles. The molecule has 3 aromatic carbocycles. The molecule has 31 heavy (non-hydrogen) atoms. The van der Waals surface area contributed by atoms with Gasteiger partial charge in [-0.1, -0.05) is 60.7 Å². The highest BCUT2D eigenvalue weighted by Crippen LogP contribution is 2.20. The van der Waals surface area contributed by atoms with Crippen molar-refractivity contribution in [1.82, 2.24) is 4.90 Å². The number of carbonyl (C=O) groups is 2. The molecule has 0 unspecified atom stereocenters. The van der Waals surface area contributed by atoms with Gasteiger partial charge >= 0.3 is 0 Å². The van der Waals surface area contributed by atoms with Gasteiger partial charge in [-0.15, -0.1) is 0 Å². The quantitative estimate of drug-likeness (QED) is 0.637. The van der Waals surface area contributed by atoms with Crippen LogP contribution in [0.4, 0.5) is 11.4 Å². The molecule has 0 bridgehead atoms. The van der Waals surface area contributed by atoms with E-state index < -0.39 is 0 Å². The van der Waals surface area contributed by atoms with E-state index in [1.165, 1.54) is 11.8 Å². The fraction of sp³-hybridized carbons (Fsp3) is 0.154. The fourth-order valence-corrected chi connectivity index (χ4v) is 3.67. The monoisotopic (exact) mass is 411 g/mol. The summed E-state index contributed by atoms with van der Waals surface area (Å²) in [5.41, 5.74) is 3.16. The number of piperazine rings is 1. The molecule has 0 aromatic heterocycles. The minimum Gasteiger partial charge on any atom is -0.368 e. The average Bonchev–Trinajstić information content (AvgIpc) is 2.84. The Morgan fingerprint density at radius 1 is 0.742 bits per heavy atom. The van der Waals surface area contributed by atoms with Crippen LogP contribution in [0.3, 0.4) is 0 Å². The molecule has 1 aliphatic heterocycles. The van der Waals surface area contributed by atoms with Gasteiger partial charge in [0, 0.05) is 37.9 Å². The molecule has 1 fully saturated rings. The Labute approximate surface area is 182 Å². The predicted octanol–water partition coefficient (Wildman–Crippen LogP) is 4.30. The summed E-state index contributed by atoms with van der Waals surface area (Å²) in [6.07, 6.45) is 3.23. The molecular formula is C26H25N3O2. The van der Waals surface area contributed by atoms with Crippen LogP contribution in [0.5, 0.6) is 0 Å². The molecule has 5 heteroatoms. The minimum absolute atomic E-state index is 0.0596. The number of nitrogens with zero attached hydrogens (tertiary/aromatic N) is 2. The Kier molecular flexibility index (Phi) is 6.43. The maximum Gasteiger partial charge on any atom is 0.256 e. The number of benzene rings is 3. The third kappa shape index (κ3) is 5.20. The molecule has 0 aliphatic carbocycles. The van der Waals surface area contributed by atoms with Crippen molar-refractivity contribution in [1.29, 1.82) is 0 Å². The lowest BCUT2D eigenvalue weighted by Gasteiger charge is -2.36. The zero-order chi connectivity index (χ0) is 21.5. The smallest absolute Gasteiger partial charge is 0.256 e. The highest BCUT2D eigenvalue weighted by atomic mass is 16.2. The zero-order valence-corrected chi connectivity index (χ0v) is 17.3. The molecule has 4 rings (SSSR count). The third-order valence-electron chi connectivity index (χ3n) is 5.33. The van der Waals surface area contributed by atoms with Crippen LogP contribution in [0.2, 0.25) is 0 Å². The molecule has 1 saturated heterocycles. The van der Waals surface area contributed by atoms with Gasteiger partial charge in [0.2, 0.25) is 5.91 Å². The van der Waals surface area contributed by atoms with Crippen molar-refractivity contribution in [2.75, 3.05) is 36.4 Å². The lowest BCUT2D eigenvalue weighted by atomic mass is 10.1. The predicted molar refractivity (Wildman–Crippen MR) is 125 cm³/mol. The second-order valence-electron chi connectivity index (χ2n) is 7.39. The average molecular weight is 412 g/mol. The molecule has 156 valence electrons. The van der Waals surface area contributed by atoms with Crippen molar-refractivity contribution in [2.24, 2.45) is 0 Å². The van der Waals surface area contributed by atoms with Crippen LogP contribution in [0.1, 0.15) is 15.9 Å². The maximum atomic E-state index is 13.2. The van der Waals surface area contributed by atoms with Gasteiger partial charge in [0.15, 0.2) is 0 Å². The summed E-state index contributed by atoms with van der Waals surface area (Å²) < 4.78 is 0. The second-order valence-corrected chi connectivity index (χ2v) is 7.39. The minimum atomic E-state index is -0.266. The van der Waals surface area contributed by atoms with E-state index in [0.29, 0.717) is 24.3 Å². The lowest BCUT2D eigenvalue weighted by molar-refractivity contribution is -0.111. The molecule has 1 aliphatic rings. The number of hydrogen-bond donors (Lipinski definition) is 1. The number of rotatable bonds is 5. The number of carbonyl (C=O) groups excluding carboxylic acids is 2. The van der Waals surface area contributed by atoms with Crippen LogP contribution < -0.4 is 10.2 Å². The van der Waals surface area contributed by atoms with Crippen molar-refractivity contribution in [3.05, 3.63) is 102 Å². The zero-order valence-electron chi connectivity index (χ0n) is 17.3. The Balaban J connectivity index is 1.40. The molecular weight excluding hydrogens is 386 g/mol. The van der Waals surface area contributed by atoms with E-state index in [-0.39, 0.29) is 11.8 Å². The summed E-state index contributed by atoms with van der Waals surface area (Å²) in [6, 6.07) is 27.0. The van der Waals surface area contributed by atoms with Gasteiger partial charge in [0.1, 0.15) is 0 Å². The first-order chi connectivity index (χ1) is 15.2. The molecule has 0 saturated carbocycles. The van der Waals surface area contributed by atoms with Gasteiger partial charge in [0.05, 0.1) is 11.3 Å². The van der Waals surface area contributed by atoms with Crippen LogP contribution in [0.25, 0.3) is 6.08 Å². The van der Waals surface area contributed by atoms with E-state index in [9.17, 15) is 9.59 Å². The van der Waals surface area contributed by atoms with Crippen LogP contribution in [0.15, 0.2) is 91.0 Å². The highest BCUT2D eigenvalue weighted by Gasteiger charge is 2.24. The molecule has 0 radical (unpaired) electrons. The van der Waals surface area contributed by atoms with Crippen molar-refractivity contribution >= 4 is 29.3 Å². The molecule has 0 atom stereocenters. The number of anilines is 2. The van der Waals surface area contributed by atoms with Crippen LogP contribution in [-0.2, 0) is 4.79 Å². The number of para-hydroxylation sites is 2. The fourth-order valence-electron chi connectivity index (χ4n) is 3.67. The number of hydrogen-bond acceptors (Lipinski definition) is 3. The third-order valence-corrected chi connectivity index (χ3v) is 5.33. The Bertz CT molecular complexity index is 1060. The molecule has 3 aromatic rings. The number of nitrogens with one attached hydrogen (secondary N) is 1. The van der Waals surface area contributed by atoms with E-state index in [1.807, 2.05) is 65.6 Å². The van der Waals surface area contributed by atoms with Crippen LogP contribution >= 0.6 is 0 Å². The summed E-state index contributed by atoms with van der Waals surface area (Å²) in [4.78, 5) is 29.7. The van der Waals surface area contributed by atoms with E-state index >= 15 is 0 Å². The molecule has 0 spiro atoms. The summed E-state index contributed by atoms with van der Waals surface area (Å²) in [5.74, 6) is -0.325. The first-order valence-corrected chi connectivity index (χ1v) is 10.4. The van der Waals surface area contributed by atoms with E-state index in [2.05, 4.69) is 22.3 Å². The van der Waals surface area contributed by atoms with Crippen molar-refractivity contribution in [2.45, 2.75) is 0 Å². The van der Waals surface area contributed by atoms with Gasteiger partial charge in [-0.25, -0.2) is 0 Å². The topological polar surface area (TPSA) is 52.7 Å². The van der Waals surface area contributed by atoms with Gasteiger partial charge in [-0.2, -0.15) is 0 Å². The summed E-state index contributed by atoms with van der Waals surface area (Å²) >= 11 is 0. The molecule has 2 amide bonds.